The van der Waals surface area contributed by atoms with Crippen LogP contribution >= 0.6 is 0 Å². The molecular formula is C33H46N4O6. The molecule has 0 spiro atoms. The van der Waals surface area contributed by atoms with Crippen molar-refractivity contribution in [2.24, 2.45) is 5.92 Å². The zero-order valence-electron chi connectivity index (χ0n) is 25.6. The molecule has 0 aliphatic carbocycles. The number of amides is 4. The number of para-hydroxylation sites is 2. The minimum Gasteiger partial charge on any atom is -0.493 e. The maximum Gasteiger partial charge on any atom is 0.255 e. The number of carbonyl (C=O) groups is 4. The Balaban J connectivity index is 1.75. The van der Waals surface area contributed by atoms with Gasteiger partial charge in [-0.2, -0.15) is 0 Å². The minimum atomic E-state index is -0.993. The first kappa shape index (κ1) is 33.4. The SMILES string of the molecule is CC(C)C[C@@H]1NC(=O)CC[C@@H](C(=O)NCCOc2ccccc2)NC(=O)c2ccccc2OCCCCCCN(C)C1=O. The first-order valence-corrected chi connectivity index (χ1v) is 15.3. The van der Waals surface area contributed by atoms with E-state index in [4.69, 9.17) is 9.47 Å². The van der Waals surface area contributed by atoms with Crippen LogP contribution < -0.4 is 25.4 Å². The second-order valence-electron chi connectivity index (χ2n) is 11.3. The van der Waals surface area contributed by atoms with Gasteiger partial charge in [0, 0.05) is 20.0 Å². The summed E-state index contributed by atoms with van der Waals surface area (Å²) in [6, 6.07) is 14.5. The number of rotatable bonds is 7. The zero-order valence-corrected chi connectivity index (χ0v) is 25.6. The molecule has 43 heavy (non-hydrogen) atoms. The van der Waals surface area contributed by atoms with Crippen molar-refractivity contribution in [3.63, 3.8) is 0 Å². The van der Waals surface area contributed by atoms with Crippen LogP contribution in [0.1, 0.15) is 69.2 Å². The van der Waals surface area contributed by atoms with E-state index >= 15 is 0 Å². The van der Waals surface area contributed by atoms with Crippen LogP contribution in [-0.4, -0.2) is 74.0 Å². The van der Waals surface area contributed by atoms with Gasteiger partial charge in [0.25, 0.3) is 5.91 Å². The van der Waals surface area contributed by atoms with Crippen LogP contribution in [0.3, 0.4) is 0 Å². The molecule has 0 saturated carbocycles. The van der Waals surface area contributed by atoms with Gasteiger partial charge in [-0.1, -0.05) is 57.0 Å². The Morgan fingerprint density at radius 2 is 1.72 bits per heavy atom. The highest BCUT2D eigenvalue weighted by Gasteiger charge is 2.27. The summed E-state index contributed by atoms with van der Waals surface area (Å²) in [7, 11) is 1.77. The second kappa shape index (κ2) is 17.8. The lowest BCUT2D eigenvalue weighted by atomic mass is 10.0. The highest BCUT2D eigenvalue weighted by molar-refractivity contribution is 5.99. The number of ether oxygens (including phenoxy) is 2. The molecule has 10 nitrogen and oxygen atoms in total. The maximum absolute atomic E-state index is 13.4. The predicted molar refractivity (Wildman–Crippen MR) is 165 cm³/mol. The van der Waals surface area contributed by atoms with Crippen LogP contribution in [0.2, 0.25) is 0 Å². The van der Waals surface area contributed by atoms with Crippen molar-refractivity contribution in [3.05, 3.63) is 60.2 Å². The highest BCUT2D eigenvalue weighted by Crippen LogP contribution is 2.19. The van der Waals surface area contributed by atoms with Gasteiger partial charge >= 0.3 is 0 Å². The van der Waals surface area contributed by atoms with Gasteiger partial charge in [0.2, 0.25) is 17.7 Å². The average molecular weight is 595 g/mol. The Morgan fingerprint density at radius 3 is 2.49 bits per heavy atom. The molecule has 10 heteroatoms. The molecule has 1 aliphatic heterocycles. The van der Waals surface area contributed by atoms with E-state index in [0.29, 0.717) is 36.6 Å². The van der Waals surface area contributed by atoms with E-state index in [1.165, 1.54) is 0 Å². The molecule has 0 fully saturated rings. The van der Waals surface area contributed by atoms with E-state index in [-0.39, 0.29) is 43.7 Å². The molecule has 2 aromatic carbocycles. The number of hydrogen-bond acceptors (Lipinski definition) is 6. The quantitative estimate of drug-likeness (QED) is 0.420. The summed E-state index contributed by atoms with van der Waals surface area (Å²) in [4.78, 5) is 54.6. The number of nitrogens with zero attached hydrogens (tertiary/aromatic N) is 1. The molecule has 0 unspecified atom stereocenters. The van der Waals surface area contributed by atoms with Crippen LogP contribution in [0, 0.1) is 5.92 Å². The summed E-state index contributed by atoms with van der Waals surface area (Å²) in [6.07, 6.45) is 3.99. The largest absolute Gasteiger partial charge is 0.493 e. The number of carbonyl (C=O) groups excluding carboxylic acids is 4. The number of fused-ring (bicyclic) bond motifs is 1. The lowest BCUT2D eigenvalue weighted by Crippen LogP contribution is -2.50. The van der Waals surface area contributed by atoms with Gasteiger partial charge in [0.05, 0.1) is 18.7 Å². The van der Waals surface area contributed by atoms with Gasteiger partial charge in [0.15, 0.2) is 0 Å². The van der Waals surface area contributed by atoms with Gasteiger partial charge in [-0.15, -0.1) is 0 Å². The topological polar surface area (TPSA) is 126 Å². The molecule has 1 aliphatic rings. The minimum absolute atomic E-state index is 0.0460. The van der Waals surface area contributed by atoms with Crippen LogP contribution in [0.15, 0.2) is 54.6 Å². The lowest BCUT2D eigenvalue weighted by molar-refractivity contribution is -0.136. The van der Waals surface area contributed by atoms with E-state index in [1.807, 2.05) is 44.2 Å². The summed E-state index contributed by atoms with van der Waals surface area (Å²) in [6.45, 7) is 5.50. The number of likely N-dealkylation sites (N-methyl/N-ethyl adjacent to an activating group) is 1. The number of nitrogens with one attached hydrogen (secondary N) is 3. The van der Waals surface area contributed by atoms with E-state index in [1.54, 1.807) is 36.2 Å². The fourth-order valence-corrected chi connectivity index (χ4v) is 4.87. The standard InChI is InChI=1S/C33H46N4O6/c1-24(2)23-28-33(41)37(3)20-11-4-5-12-21-43-29-16-10-9-15-26(29)31(39)36-27(17-18-30(38)35-28)32(40)34-19-22-42-25-13-7-6-8-14-25/h6-10,13-16,24,27-28H,4-5,11-12,17-23H2,1-3H3,(H,34,40)(H,35,38)(H,36,39)/t27-,28-/m0/s1. The van der Waals surface area contributed by atoms with Crippen LogP contribution in [0.5, 0.6) is 11.5 Å². The molecule has 4 amide bonds. The van der Waals surface area contributed by atoms with Crippen molar-refractivity contribution in [2.45, 2.75) is 70.9 Å². The summed E-state index contributed by atoms with van der Waals surface area (Å²) in [5.41, 5.74) is 0.319. The van der Waals surface area contributed by atoms with Crippen molar-refractivity contribution in [2.75, 3.05) is 33.4 Å². The third-order valence-electron chi connectivity index (χ3n) is 7.19. The molecule has 1 heterocycles. The number of benzene rings is 2. The van der Waals surface area contributed by atoms with Gasteiger partial charge in [-0.3, -0.25) is 19.2 Å². The Hall–Kier alpha value is -4.08. The van der Waals surface area contributed by atoms with Gasteiger partial charge in [0.1, 0.15) is 30.2 Å². The van der Waals surface area contributed by atoms with Crippen molar-refractivity contribution < 1.29 is 28.7 Å². The summed E-state index contributed by atoms with van der Waals surface area (Å²) in [5.74, 6) is -0.0661. The number of hydrogen-bond donors (Lipinski definition) is 3. The average Bonchev–Trinajstić information content (AvgIpc) is 2.99. The molecule has 0 bridgehead atoms. The van der Waals surface area contributed by atoms with Crippen molar-refractivity contribution in [1.29, 1.82) is 0 Å². The smallest absolute Gasteiger partial charge is 0.255 e. The Kier molecular flexibility index (Phi) is 13.8. The van der Waals surface area contributed by atoms with Crippen molar-refractivity contribution >= 4 is 23.6 Å². The molecule has 0 aromatic heterocycles. The second-order valence-corrected chi connectivity index (χ2v) is 11.3. The monoisotopic (exact) mass is 594 g/mol. The molecule has 2 aromatic rings. The normalized spacial score (nSPS) is 19.5. The predicted octanol–water partition coefficient (Wildman–Crippen LogP) is 3.70. The van der Waals surface area contributed by atoms with Crippen LogP contribution in [0.25, 0.3) is 0 Å². The molecule has 2 atom stereocenters. The Labute approximate surface area is 254 Å². The summed E-state index contributed by atoms with van der Waals surface area (Å²) < 4.78 is 11.6. The molecule has 0 radical (unpaired) electrons. The van der Waals surface area contributed by atoms with E-state index in [0.717, 1.165) is 25.7 Å². The third-order valence-corrected chi connectivity index (χ3v) is 7.19. The van der Waals surface area contributed by atoms with E-state index < -0.39 is 23.9 Å². The third kappa shape index (κ3) is 11.6. The fourth-order valence-electron chi connectivity index (χ4n) is 4.87. The molecular weight excluding hydrogens is 548 g/mol. The first-order chi connectivity index (χ1) is 20.7. The maximum atomic E-state index is 13.4. The Morgan fingerprint density at radius 1 is 1.00 bits per heavy atom. The summed E-state index contributed by atoms with van der Waals surface area (Å²) in [5, 5.41) is 8.49. The summed E-state index contributed by atoms with van der Waals surface area (Å²) >= 11 is 0. The Bertz CT molecular complexity index is 1190. The van der Waals surface area contributed by atoms with Crippen molar-refractivity contribution in [1.82, 2.24) is 20.9 Å². The fraction of sp³-hybridized carbons (Fsp3) is 0.515. The first-order valence-electron chi connectivity index (χ1n) is 15.3. The highest BCUT2D eigenvalue weighted by atomic mass is 16.5. The van der Waals surface area contributed by atoms with Crippen LogP contribution in [0.4, 0.5) is 0 Å². The van der Waals surface area contributed by atoms with Gasteiger partial charge in [-0.25, -0.2) is 0 Å². The van der Waals surface area contributed by atoms with E-state index in [2.05, 4.69) is 16.0 Å². The molecule has 234 valence electrons. The van der Waals surface area contributed by atoms with Gasteiger partial charge < -0.3 is 30.3 Å². The van der Waals surface area contributed by atoms with E-state index in [9.17, 15) is 19.2 Å². The molecule has 0 saturated heterocycles. The lowest BCUT2D eigenvalue weighted by Gasteiger charge is -2.26. The molecule has 3 rings (SSSR count). The molecule has 3 N–H and O–H groups in total. The van der Waals surface area contributed by atoms with Crippen LogP contribution in [-0.2, 0) is 14.4 Å². The van der Waals surface area contributed by atoms with Crippen molar-refractivity contribution in [3.8, 4) is 11.5 Å². The van der Waals surface area contributed by atoms with Gasteiger partial charge in [-0.05, 0) is 55.9 Å². The zero-order chi connectivity index (χ0) is 31.0.